The minimum atomic E-state index is 0.158. The van der Waals surface area contributed by atoms with Crippen molar-refractivity contribution in [1.82, 2.24) is 10.2 Å². The average Bonchev–Trinajstić information content (AvgIpc) is 3.24. The lowest BCUT2D eigenvalue weighted by atomic mass is 10.2. The fourth-order valence-electron chi connectivity index (χ4n) is 2.53. The normalized spacial score (nSPS) is 19.9. The second-order valence-corrected chi connectivity index (χ2v) is 5.62. The number of nitrogens with one attached hydrogen (secondary N) is 1. The molecule has 1 amide bonds. The summed E-state index contributed by atoms with van der Waals surface area (Å²) in [4.78, 5) is 16.2. The van der Waals surface area contributed by atoms with Gasteiger partial charge in [-0.05, 0) is 37.1 Å². The smallest absolute Gasteiger partial charge is 0.234 e. The Morgan fingerprint density at radius 3 is 2.40 bits per heavy atom. The van der Waals surface area contributed by atoms with Gasteiger partial charge in [-0.15, -0.1) is 0 Å². The first-order valence-corrected chi connectivity index (χ1v) is 7.26. The van der Waals surface area contributed by atoms with Gasteiger partial charge in [-0.1, -0.05) is 0 Å². The van der Waals surface area contributed by atoms with Gasteiger partial charge in [-0.25, -0.2) is 0 Å². The van der Waals surface area contributed by atoms with Crippen molar-refractivity contribution < 1.29 is 9.90 Å². The number of aromatic hydroxyl groups is 1. The van der Waals surface area contributed by atoms with E-state index in [-0.39, 0.29) is 5.91 Å². The molecule has 1 aromatic carbocycles. The monoisotopic (exact) mass is 275 g/mol. The Balaban J connectivity index is 1.46. The second kappa shape index (κ2) is 5.71. The fraction of sp³-hybridized carbons (Fsp3) is 0.533. The molecule has 0 spiro atoms. The van der Waals surface area contributed by atoms with E-state index in [0.717, 1.165) is 44.7 Å². The topological polar surface area (TPSA) is 55.8 Å². The molecule has 1 heterocycles. The number of carbonyl (C=O) groups excluding carboxylic acids is 1. The van der Waals surface area contributed by atoms with Crippen LogP contribution in [0.4, 0.5) is 5.69 Å². The Hall–Kier alpha value is -1.75. The molecule has 20 heavy (non-hydrogen) atoms. The molecule has 1 aliphatic carbocycles. The van der Waals surface area contributed by atoms with Gasteiger partial charge >= 0.3 is 0 Å². The maximum absolute atomic E-state index is 11.8. The summed E-state index contributed by atoms with van der Waals surface area (Å²) in [5, 5.41) is 12.3. The Morgan fingerprint density at radius 1 is 1.15 bits per heavy atom. The van der Waals surface area contributed by atoms with Crippen LogP contribution in [0.2, 0.25) is 0 Å². The highest BCUT2D eigenvalue weighted by molar-refractivity contribution is 5.78. The van der Waals surface area contributed by atoms with Gasteiger partial charge in [0.1, 0.15) is 5.75 Å². The predicted octanol–water partition coefficient (Wildman–Crippen LogP) is 0.793. The standard InChI is InChI=1S/C15H21N3O2/c19-14-5-3-13(4-6-14)18-9-7-17(8-10-18)11-15(20)16-12-1-2-12/h3-6,12,19H,1-2,7-11H2,(H,16,20). The number of carbonyl (C=O) groups is 1. The van der Waals surface area contributed by atoms with E-state index in [9.17, 15) is 9.90 Å². The van der Waals surface area contributed by atoms with E-state index in [1.165, 1.54) is 0 Å². The van der Waals surface area contributed by atoms with Gasteiger partial charge in [0.2, 0.25) is 5.91 Å². The molecule has 0 radical (unpaired) electrons. The first kappa shape index (κ1) is 13.2. The Morgan fingerprint density at radius 2 is 1.80 bits per heavy atom. The van der Waals surface area contributed by atoms with Gasteiger partial charge in [0.15, 0.2) is 0 Å². The highest BCUT2D eigenvalue weighted by Gasteiger charge is 2.25. The molecule has 2 fully saturated rings. The number of hydrogen-bond donors (Lipinski definition) is 2. The molecular weight excluding hydrogens is 254 g/mol. The van der Waals surface area contributed by atoms with Crippen LogP contribution < -0.4 is 10.2 Å². The zero-order valence-corrected chi connectivity index (χ0v) is 11.6. The number of nitrogens with zero attached hydrogens (tertiary/aromatic N) is 2. The van der Waals surface area contributed by atoms with Crippen molar-refractivity contribution in [1.29, 1.82) is 0 Å². The molecule has 1 saturated carbocycles. The number of anilines is 1. The van der Waals surface area contributed by atoms with Crippen LogP contribution in [0.15, 0.2) is 24.3 Å². The van der Waals surface area contributed by atoms with Gasteiger partial charge in [0.05, 0.1) is 6.54 Å². The molecule has 0 aromatic heterocycles. The molecule has 0 bridgehead atoms. The van der Waals surface area contributed by atoms with Crippen molar-refractivity contribution >= 4 is 11.6 Å². The minimum Gasteiger partial charge on any atom is -0.508 e. The third-order valence-corrected chi connectivity index (χ3v) is 3.90. The number of amides is 1. The van der Waals surface area contributed by atoms with Crippen molar-refractivity contribution in [2.75, 3.05) is 37.6 Å². The van der Waals surface area contributed by atoms with Crippen LogP contribution in [-0.2, 0) is 4.79 Å². The molecule has 5 heteroatoms. The first-order valence-electron chi connectivity index (χ1n) is 7.26. The summed E-state index contributed by atoms with van der Waals surface area (Å²) in [5.41, 5.74) is 1.13. The number of hydrogen-bond acceptors (Lipinski definition) is 4. The lowest BCUT2D eigenvalue weighted by Crippen LogP contribution is -2.49. The van der Waals surface area contributed by atoms with Crippen LogP contribution in [-0.4, -0.2) is 54.7 Å². The van der Waals surface area contributed by atoms with Crippen molar-refractivity contribution in [3.05, 3.63) is 24.3 Å². The quantitative estimate of drug-likeness (QED) is 0.853. The average molecular weight is 275 g/mol. The molecule has 5 nitrogen and oxygen atoms in total. The lowest BCUT2D eigenvalue weighted by molar-refractivity contribution is -0.122. The van der Waals surface area contributed by atoms with Crippen LogP contribution in [0.3, 0.4) is 0 Å². The number of piperazine rings is 1. The van der Waals surface area contributed by atoms with Crippen molar-refractivity contribution in [3.63, 3.8) is 0 Å². The third kappa shape index (κ3) is 3.42. The van der Waals surface area contributed by atoms with E-state index in [1.807, 2.05) is 12.1 Å². The number of phenols is 1. The number of benzene rings is 1. The van der Waals surface area contributed by atoms with Crippen LogP contribution >= 0.6 is 0 Å². The Kier molecular flexibility index (Phi) is 3.78. The minimum absolute atomic E-state index is 0.158. The van der Waals surface area contributed by atoms with Crippen LogP contribution in [0.1, 0.15) is 12.8 Å². The highest BCUT2D eigenvalue weighted by atomic mass is 16.3. The summed E-state index contributed by atoms with van der Waals surface area (Å²) in [6, 6.07) is 7.74. The Bertz CT molecular complexity index is 463. The van der Waals surface area contributed by atoms with E-state index < -0.39 is 0 Å². The summed E-state index contributed by atoms with van der Waals surface area (Å²) >= 11 is 0. The molecular formula is C15H21N3O2. The summed E-state index contributed by atoms with van der Waals surface area (Å²) in [7, 11) is 0. The number of rotatable bonds is 4. The van der Waals surface area contributed by atoms with Gasteiger partial charge in [0, 0.05) is 37.9 Å². The maximum Gasteiger partial charge on any atom is 0.234 e. The fourth-order valence-corrected chi connectivity index (χ4v) is 2.53. The molecule has 3 rings (SSSR count). The lowest BCUT2D eigenvalue weighted by Gasteiger charge is -2.35. The zero-order valence-electron chi connectivity index (χ0n) is 11.6. The van der Waals surface area contributed by atoms with E-state index in [1.54, 1.807) is 12.1 Å². The predicted molar refractivity (Wildman–Crippen MR) is 77.9 cm³/mol. The van der Waals surface area contributed by atoms with Gasteiger partial charge in [-0.3, -0.25) is 9.69 Å². The van der Waals surface area contributed by atoms with Gasteiger partial charge < -0.3 is 15.3 Å². The third-order valence-electron chi connectivity index (χ3n) is 3.90. The Labute approximate surface area is 119 Å². The van der Waals surface area contributed by atoms with Crippen molar-refractivity contribution in [2.45, 2.75) is 18.9 Å². The molecule has 1 aromatic rings. The largest absolute Gasteiger partial charge is 0.508 e. The molecule has 1 aliphatic heterocycles. The molecule has 0 unspecified atom stereocenters. The van der Waals surface area contributed by atoms with Crippen molar-refractivity contribution in [3.8, 4) is 5.75 Å². The van der Waals surface area contributed by atoms with Gasteiger partial charge in [-0.2, -0.15) is 0 Å². The molecule has 2 N–H and O–H groups in total. The molecule has 1 saturated heterocycles. The number of phenolic OH excluding ortho intramolecular Hbond substituents is 1. The summed E-state index contributed by atoms with van der Waals surface area (Å²) in [6.07, 6.45) is 2.28. The maximum atomic E-state index is 11.8. The highest BCUT2D eigenvalue weighted by Crippen LogP contribution is 2.20. The zero-order chi connectivity index (χ0) is 13.9. The SMILES string of the molecule is O=C(CN1CCN(c2ccc(O)cc2)CC1)NC1CC1. The summed E-state index contributed by atoms with van der Waals surface area (Å²) < 4.78 is 0. The van der Waals surface area contributed by atoms with E-state index in [2.05, 4.69) is 15.1 Å². The molecule has 2 aliphatic rings. The van der Waals surface area contributed by atoms with Crippen LogP contribution in [0, 0.1) is 0 Å². The van der Waals surface area contributed by atoms with Crippen LogP contribution in [0.25, 0.3) is 0 Å². The molecule has 108 valence electrons. The van der Waals surface area contributed by atoms with Crippen LogP contribution in [0.5, 0.6) is 5.75 Å². The van der Waals surface area contributed by atoms with Crippen molar-refractivity contribution in [2.24, 2.45) is 0 Å². The van der Waals surface area contributed by atoms with E-state index in [4.69, 9.17) is 0 Å². The van der Waals surface area contributed by atoms with E-state index in [0.29, 0.717) is 18.3 Å². The summed E-state index contributed by atoms with van der Waals surface area (Å²) in [6.45, 7) is 4.15. The molecule has 0 atom stereocenters. The second-order valence-electron chi connectivity index (χ2n) is 5.62. The van der Waals surface area contributed by atoms with Gasteiger partial charge in [0.25, 0.3) is 0 Å². The first-order chi connectivity index (χ1) is 9.70. The van der Waals surface area contributed by atoms with E-state index >= 15 is 0 Å². The summed E-state index contributed by atoms with van der Waals surface area (Å²) in [5.74, 6) is 0.453.